The quantitative estimate of drug-likeness (QED) is 0.564. The van der Waals surface area contributed by atoms with Crippen LogP contribution in [0.5, 0.6) is 0 Å². The van der Waals surface area contributed by atoms with Crippen molar-refractivity contribution in [3.63, 3.8) is 0 Å². The van der Waals surface area contributed by atoms with Crippen LogP contribution in [0.1, 0.15) is 15.9 Å². The summed E-state index contributed by atoms with van der Waals surface area (Å²) in [4.78, 5) is 16.9. The molecule has 9 heteroatoms. The number of benzene rings is 3. The molecule has 1 fully saturated rings. The van der Waals surface area contributed by atoms with Crippen LogP contribution in [0, 0.1) is 5.82 Å². The lowest BCUT2D eigenvalue weighted by atomic mass is 10.1. The van der Waals surface area contributed by atoms with Crippen LogP contribution in [-0.4, -0.2) is 50.3 Å². The molecule has 4 rings (SSSR count). The number of rotatable bonds is 6. The minimum atomic E-state index is -3.97. The van der Waals surface area contributed by atoms with Crippen LogP contribution in [0.3, 0.4) is 0 Å². The van der Waals surface area contributed by atoms with Gasteiger partial charge in [-0.05, 0) is 54.1 Å². The van der Waals surface area contributed by atoms with Crippen molar-refractivity contribution in [2.75, 3.05) is 30.9 Å². The van der Waals surface area contributed by atoms with Crippen LogP contribution in [0.2, 0.25) is 5.02 Å². The molecule has 0 aromatic heterocycles. The predicted octanol–water partition coefficient (Wildman–Crippen LogP) is 4.24. The Hall–Kier alpha value is -2.94. The van der Waals surface area contributed by atoms with Gasteiger partial charge in [-0.2, -0.15) is 0 Å². The number of carbonyl (C=O) groups is 1. The molecule has 0 radical (unpaired) electrons. The van der Waals surface area contributed by atoms with Gasteiger partial charge >= 0.3 is 0 Å². The van der Waals surface area contributed by atoms with Gasteiger partial charge < -0.3 is 4.90 Å². The molecule has 1 aliphatic rings. The largest absolute Gasteiger partial charge is 0.336 e. The Kier molecular flexibility index (Phi) is 6.97. The summed E-state index contributed by atoms with van der Waals surface area (Å²) in [5.41, 5.74) is 1.40. The number of carbonyl (C=O) groups excluding carboxylic acids is 1. The molecule has 0 atom stereocenters. The highest BCUT2D eigenvalue weighted by atomic mass is 35.5. The zero-order valence-corrected chi connectivity index (χ0v) is 19.3. The van der Waals surface area contributed by atoms with E-state index < -0.39 is 15.8 Å². The molecule has 1 saturated heterocycles. The van der Waals surface area contributed by atoms with Crippen LogP contribution < -0.4 is 4.72 Å². The van der Waals surface area contributed by atoms with Crippen molar-refractivity contribution in [2.24, 2.45) is 0 Å². The second-order valence-corrected chi connectivity index (χ2v) is 9.93. The van der Waals surface area contributed by atoms with E-state index in [0.29, 0.717) is 23.7 Å². The van der Waals surface area contributed by atoms with Gasteiger partial charge in [0.2, 0.25) is 0 Å². The number of sulfonamides is 1. The Morgan fingerprint density at radius 3 is 2.30 bits per heavy atom. The highest BCUT2D eigenvalue weighted by Crippen LogP contribution is 2.20. The number of amides is 1. The summed E-state index contributed by atoms with van der Waals surface area (Å²) in [7, 11) is -3.97. The van der Waals surface area contributed by atoms with Gasteiger partial charge in [0.1, 0.15) is 5.82 Å². The van der Waals surface area contributed by atoms with Crippen molar-refractivity contribution in [2.45, 2.75) is 11.4 Å². The van der Waals surface area contributed by atoms with Crippen LogP contribution in [0.4, 0.5) is 10.1 Å². The Morgan fingerprint density at radius 2 is 1.64 bits per heavy atom. The van der Waals surface area contributed by atoms with Gasteiger partial charge in [0.05, 0.1) is 10.6 Å². The molecule has 1 amide bonds. The lowest BCUT2D eigenvalue weighted by Gasteiger charge is -2.34. The number of nitrogens with one attached hydrogen (secondary N) is 1. The van der Waals surface area contributed by atoms with Gasteiger partial charge in [-0.25, -0.2) is 12.8 Å². The van der Waals surface area contributed by atoms with E-state index in [-0.39, 0.29) is 16.5 Å². The third-order valence-electron chi connectivity index (χ3n) is 5.48. The molecule has 172 valence electrons. The number of hydrogen-bond donors (Lipinski definition) is 1. The van der Waals surface area contributed by atoms with E-state index in [1.807, 2.05) is 24.3 Å². The van der Waals surface area contributed by atoms with Crippen LogP contribution >= 0.6 is 11.6 Å². The molecule has 0 spiro atoms. The number of para-hydroxylation sites is 1. The summed E-state index contributed by atoms with van der Waals surface area (Å²) in [5.74, 6) is -0.814. The smallest absolute Gasteiger partial charge is 0.261 e. The lowest BCUT2D eigenvalue weighted by Crippen LogP contribution is -2.48. The van der Waals surface area contributed by atoms with E-state index >= 15 is 0 Å². The molecule has 33 heavy (non-hydrogen) atoms. The van der Waals surface area contributed by atoms with E-state index in [4.69, 9.17) is 11.6 Å². The molecular formula is C24H23ClFN3O3S. The fourth-order valence-electron chi connectivity index (χ4n) is 3.71. The molecular weight excluding hydrogens is 465 g/mol. The van der Waals surface area contributed by atoms with Gasteiger partial charge in [0.25, 0.3) is 15.9 Å². The van der Waals surface area contributed by atoms with Gasteiger partial charge in [0, 0.05) is 43.3 Å². The van der Waals surface area contributed by atoms with Gasteiger partial charge in [-0.15, -0.1) is 0 Å². The van der Waals surface area contributed by atoms with Crippen molar-refractivity contribution in [1.82, 2.24) is 9.80 Å². The van der Waals surface area contributed by atoms with Crippen molar-refractivity contribution < 1.29 is 17.6 Å². The summed E-state index contributed by atoms with van der Waals surface area (Å²) in [6.07, 6.45) is 0. The summed E-state index contributed by atoms with van der Waals surface area (Å²) >= 11 is 6.05. The van der Waals surface area contributed by atoms with Crippen LogP contribution in [-0.2, 0) is 16.6 Å². The Balaban J connectivity index is 1.36. The van der Waals surface area contributed by atoms with E-state index in [9.17, 15) is 17.6 Å². The maximum absolute atomic E-state index is 13.8. The number of piperazine rings is 1. The molecule has 0 saturated carbocycles. The highest BCUT2D eigenvalue weighted by Gasteiger charge is 2.23. The Morgan fingerprint density at radius 1 is 0.939 bits per heavy atom. The molecule has 3 aromatic carbocycles. The van der Waals surface area contributed by atoms with Crippen molar-refractivity contribution >= 4 is 33.2 Å². The summed E-state index contributed by atoms with van der Waals surface area (Å²) in [5, 5.41) is 0.705. The summed E-state index contributed by atoms with van der Waals surface area (Å²) in [6.45, 7) is 3.39. The maximum Gasteiger partial charge on any atom is 0.261 e. The molecule has 1 aliphatic heterocycles. The van der Waals surface area contributed by atoms with E-state index in [2.05, 4.69) is 9.62 Å². The lowest BCUT2D eigenvalue weighted by molar-refractivity contribution is 0.0628. The Labute approximate surface area is 197 Å². The first-order chi connectivity index (χ1) is 15.8. The SMILES string of the molecule is O=C(c1ccc(S(=O)(=O)Nc2ccccc2F)cc1)N1CCN(Cc2cccc(Cl)c2)CC1. The fraction of sp³-hybridized carbons (Fsp3) is 0.208. The number of halogens is 2. The van der Waals surface area contributed by atoms with Gasteiger partial charge in [-0.3, -0.25) is 14.4 Å². The summed E-state index contributed by atoms with van der Waals surface area (Å²) < 4.78 is 41.1. The molecule has 1 heterocycles. The average Bonchev–Trinajstić information content (AvgIpc) is 2.81. The normalized spacial score (nSPS) is 14.8. The molecule has 0 bridgehead atoms. The summed E-state index contributed by atoms with van der Waals surface area (Å²) in [6, 6.07) is 18.9. The molecule has 3 aromatic rings. The standard InChI is InChI=1S/C24H23ClFN3O3S/c25-20-5-3-4-18(16-20)17-28-12-14-29(15-13-28)24(30)19-8-10-21(11-9-19)33(31,32)27-23-7-2-1-6-22(23)26/h1-11,16,27H,12-15,17H2. The van der Waals surface area contributed by atoms with Crippen LogP contribution in [0.15, 0.2) is 77.7 Å². The first kappa shape index (κ1) is 23.2. The monoisotopic (exact) mass is 487 g/mol. The predicted molar refractivity (Wildman–Crippen MR) is 126 cm³/mol. The zero-order chi connectivity index (χ0) is 23.4. The number of anilines is 1. The minimum absolute atomic E-state index is 0.0476. The number of hydrogen-bond acceptors (Lipinski definition) is 4. The fourth-order valence-corrected chi connectivity index (χ4v) is 4.99. The van der Waals surface area contributed by atoms with Crippen molar-refractivity contribution in [3.8, 4) is 0 Å². The maximum atomic E-state index is 13.8. The highest BCUT2D eigenvalue weighted by molar-refractivity contribution is 7.92. The number of nitrogens with zero attached hydrogens (tertiary/aromatic N) is 2. The van der Waals surface area contributed by atoms with E-state index in [0.717, 1.165) is 25.2 Å². The second kappa shape index (κ2) is 9.91. The van der Waals surface area contributed by atoms with Gasteiger partial charge in [0.15, 0.2) is 0 Å². The molecule has 6 nitrogen and oxygen atoms in total. The third-order valence-corrected chi connectivity index (χ3v) is 7.10. The molecule has 0 unspecified atom stereocenters. The molecule has 1 N–H and O–H groups in total. The second-order valence-electron chi connectivity index (χ2n) is 7.81. The van der Waals surface area contributed by atoms with Crippen molar-refractivity contribution in [3.05, 3.63) is 94.8 Å². The van der Waals surface area contributed by atoms with Crippen LogP contribution in [0.25, 0.3) is 0 Å². The first-order valence-electron chi connectivity index (χ1n) is 10.5. The first-order valence-corrected chi connectivity index (χ1v) is 12.3. The zero-order valence-electron chi connectivity index (χ0n) is 17.7. The van der Waals surface area contributed by atoms with Crippen molar-refractivity contribution in [1.29, 1.82) is 0 Å². The average molecular weight is 488 g/mol. The van der Waals surface area contributed by atoms with E-state index in [1.165, 1.54) is 48.5 Å². The topological polar surface area (TPSA) is 69.7 Å². The third kappa shape index (κ3) is 5.71. The van der Waals surface area contributed by atoms with E-state index in [1.54, 1.807) is 4.90 Å². The minimum Gasteiger partial charge on any atom is -0.336 e. The van der Waals surface area contributed by atoms with Gasteiger partial charge in [-0.1, -0.05) is 35.9 Å². The molecule has 0 aliphatic carbocycles. The Bertz CT molecular complexity index is 1240.